The van der Waals surface area contributed by atoms with Crippen LogP contribution in [0.15, 0.2) is 12.4 Å². The molecule has 0 radical (unpaired) electrons. The highest BCUT2D eigenvalue weighted by atomic mass is 16.5. The number of carboxylic acid groups (broad SMARTS) is 1. The van der Waals surface area contributed by atoms with Gasteiger partial charge in [0.25, 0.3) is 0 Å². The van der Waals surface area contributed by atoms with Crippen LogP contribution in [0, 0.1) is 0 Å². The first kappa shape index (κ1) is 13.4. The van der Waals surface area contributed by atoms with Crippen molar-refractivity contribution in [2.75, 3.05) is 25.6 Å². The number of unbranched alkanes of at least 4 members (excludes halogenated alkanes) is 2. The monoisotopic (exact) mass is 239 g/mol. The van der Waals surface area contributed by atoms with Gasteiger partial charge in [-0.15, -0.1) is 0 Å². The minimum atomic E-state index is -1.07. The molecule has 0 unspecified atom stereocenters. The molecule has 1 heterocycles. The van der Waals surface area contributed by atoms with Crippen LogP contribution in [0.3, 0.4) is 0 Å². The molecule has 6 heteroatoms. The largest absolute Gasteiger partial charge is 0.476 e. The standard InChI is InChI=1S/C11H17N3O3/c1-17-6-4-2-3-5-13-10-8-12-7-9(14-10)11(15)16/h7-8H,2-6H2,1H3,(H,13,14)(H,15,16). The molecule has 0 spiro atoms. The summed E-state index contributed by atoms with van der Waals surface area (Å²) >= 11 is 0. The van der Waals surface area contributed by atoms with Crippen LogP contribution in [-0.2, 0) is 4.74 Å². The number of rotatable bonds is 8. The molecule has 6 nitrogen and oxygen atoms in total. The van der Waals surface area contributed by atoms with Crippen LogP contribution in [0.5, 0.6) is 0 Å². The van der Waals surface area contributed by atoms with E-state index in [-0.39, 0.29) is 5.69 Å². The predicted molar refractivity (Wildman–Crippen MR) is 63.2 cm³/mol. The van der Waals surface area contributed by atoms with Gasteiger partial charge in [-0.1, -0.05) is 0 Å². The Hall–Kier alpha value is -1.69. The van der Waals surface area contributed by atoms with Gasteiger partial charge in [-0.3, -0.25) is 4.98 Å². The lowest BCUT2D eigenvalue weighted by Crippen LogP contribution is -2.08. The molecule has 0 fully saturated rings. The zero-order valence-electron chi connectivity index (χ0n) is 9.85. The Kier molecular flexibility index (Phi) is 5.95. The maximum Gasteiger partial charge on any atom is 0.356 e. The van der Waals surface area contributed by atoms with E-state index >= 15 is 0 Å². The quantitative estimate of drug-likeness (QED) is 0.667. The highest BCUT2D eigenvalue weighted by Crippen LogP contribution is 2.03. The molecule has 2 N–H and O–H groups in total. The van der Waals surface area contributed by atoms with E-state index in [1.54, 1.807) is 7.11 Å². The summed E-state index contributed by atoms with van der Waals surface area (Å²) in [5, 5.41) is 11.8. The highest BCUT2D eigenvalue weighted by Gasteiger charge is 2.05. The van der Waals surface area contributed by atoms with Gasteiger partial charge in [-0.05, 0) is 19.3 Å². The fraction of sp³-hybridized carbons (Fsp3) is 0.545. The summed E-state index contributed by atoms with van der Waals surface area (Å²) < 4.78 is 4.94. The van der Waals surface area contributed by atoms with Crippen molar-refractivity contribution in [1.29, 1.82) is 0 Å². The van der Waals surface area contributed by atoms with Crippen LogP contribution in [0.4, 0.5) is 5.82 Å². The number of aromatic nitrogens is 2. The van der Waals surface area contributed by atoms with E-state index in [1.165, 1.54) is 12.4 Å². The van der Waals surface area contributed by atoms with Crippen molar-refractivity contribution in [1.82, 2.24) is 9.97 Å². The Morgan fingerprint density at radius 1 is 1.41 bits per heavy atom. The molecule has 1 rings (SSSR count). The first-order valence-corrected chi connectivity index (χ1v) is 5.52. The lowest BCUT2D eigenvalue weighted by Gasteiger charge is -2.05. The second kappa shape index (κ2) is 7.56. The summed E-state index contributed by atoms with van der Waals surface area (Å²) in [4.78, 5) is 18.4. The Bertz CT molecular complexity index is 358. The average molecular weight is 239 g/mol. The van der Waals surface area contributed by atoms with E-state index in [0.29, 0.717) is 5.82 Å². The van der Waals surface area contributed by atoms with Crippen molar-refractivity contribution in [3.8, 4) is 0 Å². The minimum Gasteiger partial charge on any atom is -0.476 e. The summed E-state index contributed by atoms with van der Waals surface area (Å²) in [6.45, 7) is 1.52. The molecule has 0 aliphatic heterocycles. The van der Waals surface area contributed by atoms with Crippen LogP contribution in [0.25, 0.3) is 0 Å². The molecule has 1 aromatic heterocycles. The van der Waals surface area contributed by atoms with Crippen LogP contribution in [0.1, 0.15) is 29.8 Å². The zero-order chi connectivity index (χ0) is 12.5. The van der Waals surface area contributed by atoms with Crippen LogP contribution in [-0.4, -0.2) is 41.3 Å². The van der Waals surface area contributed by atoms with E-state index in [0.717, 1.165) is 32.4 Å². The molecular formula is C11H17N3O3. The molecule has 0 bridgehead atoms. The number of aromatic carboxylic acids is 1. The number of nitrogens with one attached hydrogen (secondary N) is 1. The van der Waals surface area contributed by atoms with Gasteiger partial charge in [0, 0.05) is 20.3 Å². The third-order valence-corrected chi connectivity index (χ3v) is 2.19. The van der Waals surface area contributed by atoms with Crippen molar-refractivity contribution < 1.29 is 14.6 Å². The van der Waals surface area contributed by atoms with Crippen LogP contribution in [0.2, 0.25) is 0 Å². The SMILES string of the molecule is COCCCCCNc1cncc(C(=O)O)n1. The average Bonchev–Trinajstić information content (AvgIpc) is 2.34. The summed E-state index contributed by atoms with van der Waals surface area (Å²) in [6, 6.07) is 0. The van der Waals surface area contributed by atoms with Crippen molar-refractivity contribution >= 4 is 11.8 Å². The molecule has 0 atom stereocenters. The Balaban J connectivity index is 2.27. The summed E-state index contributed by atoms with van der Waals surface area (Å²) in [5.41, 5.74) is -0.0469. The van der Waals surface area contributed by atoms with Gasteiger partial charge in [0.05, 0.1) is 12.4 Å². The number of hydrogen-bond acceptors (Lipinski definition) is 5. The van der Waals surface area contributed by atoms with Gasteiger partial charge in [0.1, 0.15) is 5.82 Å². The number of carboxylic acids is 1. The molecule has 94 valence electrons. The molecule has 0 aliphatic rings. The molecule has 0 aliphatic carbocycles. The number of hydrogen-bond donors (Lipinski definition) is 2. The highest BCUT2D eigenvalue weighted by molar-refractivity contribution is 5.85. The minimum absolute atomic E-state index is 0.0469. The van der Waals surface area contributed by atoms with Gasteiger partial charge in [-0.25, -0.2) is 9.78 Å². The van der Waals surface area contributed by atoms with Gasteiger partial charge >= 0.3 is 5.97 Å². The van der Waals surface area contributed by atoms with Gasteiger partial charge in [0.2, 0.25) is 0 Å². The van der Waals surface area contributed by atoms with Crippen molar-refractivity contribution in [2.24, 2.45) is 0 Å². The van der Waals surface area contributed by atoms with Crippen molar-refractivity contribution in [3.63, 3.8) is 0 Å². The van der Waals surface area contributed by atoms with Gasteiger partial charge in [0.15, 0.2) is 5.69 Å². The maximum absolute atomic E-state index is 10.7. The Labute approximate surface area is 100 Å². The summed E-state index contributed by atoms with van der Waals surface area (Å²) in [5.74, 6) is -0.571. The second-order valence-corrected chi connectivity index (χ2v) is 3.57. The fourth-order valence-electron chi connectivity index (χ4n) is 1.32. The zero-order valence-corrected chi connectivity index (χ0v) is 9.85. The number of nitrogens with zero attached hydrogens (tertiary/aromatic N) is 2. The summed E-state index contributed by atoms with van der Waals surface area (Å²) in [6.07, 6.45) is 5.82. The molecule has 1 aromatic rings. The first-order valence-electron chi connectivity index (χ1n) is 5.52. The summed E-state index contributed by atoms with van der Waals surface area (Å²) in [7, 11) is 1.69. The third-order valence-electron chi connectivity index (χ3n) is 2.19. The Morgan fingerprint density at radius 3 is 2.94 bits per heavy atom. The maximum atomic E-state index is 10.7. The lowest BCUT2D eigenvalue weighted by molar-refractivity contribution is 0.0690. The number of methoxy groups -OCH3 is 1. The second-order valence-electron chi connectivity index (χ2n) is 3.57. The van der Waals surface area contributed by atoms with Crippen molar-refractivity contribution in [2.45, 2.75) is 19.3 Å². The van der Waals surface area contributed by atoms with Crippen LogP contribution >= 0.6 is 0 Å². The normalized spacial score (nSPS) is 10.2. The van der Waals surface area contributed by atoms with E-state index in [1.807, 2.05) is 0 Å². The molecule has 0 amide bonds. The lowest BCUT2D eigenvalue weighted by atomic mass is 10.2. The van der Waals surface area contributed by atoms with Gasteiger partial charge < -0.3 is 15.2 Å². The van der Waals surface area contributed by atoms with E-state index in [2.05, 4.69) is 15.3 Å². The van der Waals surface area contributed by atoms with E-state index in [9.17, 15) is 4.79 Å². The van der Waals surface area contributed by atoms with Gasteiger partial charge in [-0.2, -0.15) is 0 Å². The molecular weight excluding hydrogens is 222 g/mol. The first-order chi connectivity index (χ1) is 8.24. The molecule has 0 saturated carbocycles. The molecule has 17 heavy (non-hydrogen) atoms. The number of carbonyl (C=O) groups is 1. The number of anilines is 1. The van der Waals surface area contributed by atoms with Crippen LogP contribution < -0.4 is 5.32 Å². The molecule has 0 saturated heterocycles. The fourth-order valence-corrected chi connectivity index (χ4v) is 1.32. The Morgan fingerprint density at radius 2 is 2.24 bits per heavy atom. The van der Waals surface area contributed by atoms with Crippen molar-refractivity contribution in [3.05, 3.63) is 18.1 Å². The topological polar surface area (TPSA) is 84.3 Å². The van der Waals surface area contributed by atoms with E-state index < -0.39 is 5.97 Å². The predicted octanol–water partition coefficient (Wildman–Crippen LogP) is 1.40. The molecule has 0 aromatic carbocycles. The third kappa shape index (κ3) is 5.26. The van der Waals surface area contributed by atoms with E-state index in [4.69, 9.17) is 9.84 Å². The number of ether oxygens (including phenoxy) is 1. The smallest absolute Gasteiger partial charge is 0.356 e.